The van der Waals surface area contributed by atoms with Crippen LogP contribution in [0, 0.1) is 35.5 Å². The number of rotatable bonds is 3. The van der Waals surface area contributed by atoms with Crippen LogP contribution in [0.15, 0.2) is 53.7 Å². The molecule has 0 spiro atoms. The number of hydrogen-bond donors (Lipinski definition) is 0. The third kappa shape index (κ3) is 1.99. The van der Waals surface area contributed by atoms with Crippen LogP contribution in [0.2, 0.25) is 0 Å². The number of carbonyl (C=O) groups excluding carboxylic acids is 2. The molecule has 0 N–H and O–H groups in total. The number of nitrogens with zero attached hydrogens (tertiary/aromatic N) is 2. The van der Waals surface area contributed by atoms with E-state index in [1.54, 1.807) is 13.3 Å². The van der Waals surface area contributed by atoms with E-state index in [0.717, 1.165) is 27.8 Å². The lowest BCUT2D eigenvalue weighted by atomic mass is 9.63. The van der Waals surface area contributed by atoms with E-state index in [2.05, 4.69) is 17.3 Å². The Labute approximate surface area is 162 Å². The molecule has 2 bridgehead atoms. The maximum Gasteiger partial charge on any atom is 0.254 e. The van der Waals surface area contributed by atoms with Gasteiger partial charge in [-0.3, -0.25) is 9.59 Å². The highest BCUT2D eigenvalue weighted by Gasteiger charge is 2.67. The average molecular weight is 372 g/mol. The monoisotopic (exact) mass is 372 g/mol. The normalized spacial score (nSPS) is 35.0. The lowest BCUT2D eigenvalue weighted by Gasteiger charge is -2.37. The van der Waals surface area contributed by atoms with Crippen molar-refractivity contribution in [1.82, 2.24) is 5.01 Å². The second-order valence-corrected chi connectivity index (χ2v) is 8.29. The fourth-order valence-corrected chi connectivity index (χ4v) is 5.76. The minimum absolute atomic E-state index is 0.143. The predicted octanol–water partition coefficient (Wildman–Crippen LogP) is 3.24. The zero-order valence-corrected chi connectivity index (χ0v) is 15.5. The van der Waals surface area contributed by atoms with Crippen molar-refractivity contribution in [3.05, 3.63) is 54.1 Å². The van der Waals surface area contributed by atoms with Crippen LogP contribution < -0.4 is 4.74 Å². The highest BCUT2D eigenvalue weighted by Crippen LogP contribution is 2.65. The summed E-state index contributed by atoms with van der Waals surface area (Å²) in [6.45, 7) is 0. The molecule has 1 saturated heterocycles. The van der Waals surface area contributed by atoms with Crippen LogP contribution in [0.25, 0.3) is 10.8 Å². The third-order valence-corrected chi connectivity index (χ3v) is 7.09. The number of methoxy groups -OCH3 is 1. The molecule has 28 heavy (non-hydrogen) atoms. The lowest BCUT2D eigenvalue weighted by Crippen LogP contribution is -2.40. The SMILES string of the molecule is COc1ccc2ccccc2c1/C=N\N1C(=O)[C@@H]2[C@@H]3C=C[C@H]([C@@H]4C[C@H]34)[C@H]2C1=O. The Morgan fingerprint density at radius 1 is 1.00 bits per heavy atom. The maximum atomic E-state index is 13.1. The highest BCUT2D eigenvalue weighted by molar-refractivity contribution is 6.08. The van der Waals surface area contributed by atoms with Gasteiger partial charge in [0.05, 0.1) is 25.2 Å². The molecule has 2 saturated carbocycles. The van der Waals surface area contributed by atoms with Crippen LogP contribution in [0.3, 0.4) is 0 Å². The number of imide groups is 1. The summed E-state index contributed by atoms with van der Waals surface area (Å²) < 4.78 is 5.49. The Bertz CT molecular complexity index is 1050. The molecule has 2 aromatic rings. The molecule has 1 aliphatic heterocycles. The van der Waals surface area contributed by atoms with Crippen molar-refractivity contribution in [2.75, 3.05) is 7.11 Å². The number of benzene rings is 2. The summed E-state index contributed by atoms with van der Waals surface area (Å²) >= 11 is 0. The van der Waals surface area contributed by atoms with Gasteiger partial charge < -0.3 is 4.74 Å². The van der Waals surface area contributed by atoms with Gasteiger partial charge in [-0.2, -0.15) is 10.1 Å². The van der Waals surface area contributed by atoms with Crippen molar-refractivity contribution in [1.29, 1.82) is 0 Å². The summed E-state index contributed by atoms with van der Waals surface area (Å²) in [5.41, 5.74) is 0.778. The van der Waals surface area contributed by atoms with E-state index < -0.39 is 0 Å². The van der Waals surface area contributed by atoms with Crippen LogP contribution in [0.1, 0.15) is 12.0 Å². The minimum atomic E-state index is -0.224. The number of carbonyl (C=O) groups is 2. The van der Waals surface area contributed by atoms with Crippen LogP contribution in [-0.4, -0.2) is 30.1 Å². The first-order chi connectivity index (χ1) is 13.7. The van der Waals surface area contributed by atoms with E-state index in [1.165, 1.54) is 0 Å². The van der Waals surface area contributed by atoms with Gasteiger partial charge in [0.25, 0.3) is 11.8 Å². The Hall–Kier alpha value is -2.95. The van der Waals surface area contributed by atoms with Crippen molar-refractivity contribution in [2.24, 2.45) is 40.6 Å². The minimum Gasteiger partial charge on any atom is -0.496 e. The molecule has 3 fully saturated rings. The van der Waals surface area contributed by atoms with Gasteiger partial charge in [-0.25, -0.2) is 0 Å². The standard InChI is InChI=1S/C23H20N2O3/c1-28-19-9-6-12-4-2-3-5-13(12)18(19)11-24-25-22(26)20-14-7-8-15(17-10-16(14)17)21(20)23(25)27/h2-9,11,14-17,20-21H,10H2,1H3/b24-11-/t14-,15-,16-,17+,20-,21-/m1/s1. The van der Waals surface area contributed by atoms with Gasteiger partial charge in [0.1, 0.15) is 5.75 Å². The number of amides is 2. The van der Waals surface area contributed by atoms with Crippen LogP contribution >= 0.6 is 0 Å². The number of hydrogen-bond acceptors (Lipinski definition) is 4. The van der Waals surface area contributed by atoms with Crippen LogP contribution in [0.5, 0.6) is 5.75 Å². The first-order valence-electron chi connectivity index (χ1n) is 9.85. The van der Waals surface area contributed by atoms with E-state index in [0.29, 0.717) is 17.6 Å². The number of ether oxygens (including phenoxy) is 1. The fourth-order valence-electron chi connectivity index (χ4n) is 5.76. The largest absolute Gasteiger partial charge is 0.496 e. The summed E-state index contributed by atoms with van der Waals surface area (Å²) in [7, 11) is 1.61. The number of fused-ring (bicyclic) bond motifs is 1. The molecule has 4 aliphatic carbocycles. The molecule has 5 heteroatoms. The first kappa shape index (κ1) is 16.0. The highest BCUT2D eigenvalue weighted by atomic mass is 16.5. The van der Waals surface area contributed by atoms with Gasteiger partial charge in [0.15, 0.2) is 0 Å². The van der Waals surface area contributed by atoms with E-state index in [-0.39, 0.29) is 35.5 Å². The zero-order chi connectivity index (χ0) is 19.0. The van der Waals surface area contributed by atoms with Gasteiger partial charge in [-0.05, 0) is 46.9 Å². The molecule has 7 rings (SSSR count). The van der Waals surface area contributed by atoms with Crippen molar-refractivity contribution in [2.45, 2.75) is 6.42 Å². The van der Waals surface area contributed by atoms with Crippen LogP contribution in [0.4, 0.5) is 0 Å². The van der Waals surface area contributed by atoms with Crippen LogP contribution in [-0.2, 0) is 9.59 Å². The van der Waals surface area contributed by atoms with E-state index in [9.17, 15) is 9.59 Å². The maximum absolute atomic E-state index is 13.1. The molecule has 2 amide bonds. The molecular formula is C23H20N2O3. The van der Waals surface area contributed by atoms with Gasteiger partial charge >= 0.3 is 0 Å². The molecule has 5 aliphatic rings. The molecule has 6 atom stereocenters. The summed E-state index contributed by atoms with van der Waals surface area (Å²) in [6.07, 6.45) is 7.11. The topological polar surface area (TPSA) is 59.0 Å². The molecular weight excluding hydrogens is 352 g/mol. The molecule has 140 valence electrons. The van der Waals surface area contributed by atoms with Crippen molar-refractivity contribution >= 4 is 28.8 Å². The molecule has 5 nitrogen and oxygen atoms in total. The van der Waals surface area contributed by atoms with E-state index in [4.69, 9.17) is 4.74 Å². The Kier molecular flexibility index (Phi) is 3.17. The third-order valence-electron chi connectivity index (χ3n) is 7.09. The zero-order valence-electron chi connectivity index (χ0n) is 15.5. The fraction of sp³-hybridized carbons (Fsp3) is 0.348. The molecule has 2 aromatic carbocycles. The predicted molar refractivity (Wildman–Crippen MR) is 105 cm³/mol. The Morgan fingerprint density at radius 3 is 2.36 bits per heavy atom. The van der Waals surface area contributed by atoms with Crippen molar-refractivity contribution < 1.29 is 14.3 Å². The lowest BCUT2D eigenvalue weighted by molar-refractivity contribution is -0.140. The number of hydrazone groups is 1. The van der Waals surface area contributed by atoms with Crippen molar-refractivity contribution in [3.8, 4) is 5.75 Å². The second-order valence-electron chi connectivity index (χ2n) is 8.29. The summed E-state index contributed by atoms with van der Waals surface area (Å²) in [5, 5.41) is 7.53. The second kappa shape index (κ2) is 5.53. The van der Waals surface area contributed by atoms with Gasteiger partial charge in [-0.15, -0.1) is 0 Å². The summed E-state index contributed by atoms with van der Waals surface area (Å²) in [6, 6.07) is 11.8. The quantitative estimate of drug-likeness (QED) is 0.472. The number of allylic oxidation sites excluding steroid dienone is 2. The Morgan fingerprint density at radius 2 is 1.68 bits per heavy atom. The summed E-state index contributed by atoms with van der Waals surface area (Å²) in [4.78, 5) is 26.1. The molecule has 0 aromatic heterocycles. The first-order valence-corrected chi connectivity index (χ1v) is 9.85. The average Bonchev–Trinajstić information content (AvgIpc) is 3.51. The van der Waals surface area contributed by atoms with Gasteiger partial charge in [0, 0.05) is 5.56 Å². The van der Waals surface area contributed by atoms with Gasteiger partial charge in [-0.1, -0.05) is 42.5 Å². The molecule has 1 heterocycles. The van der Waals surface area contributed by atoms with Crippen molar-refractivity contribution in [3.63, 3.8) is 0 Å². The summed E-state index contributed by atoms with van der Waals surface area (Å²) in [5.74, 6) is 1.54. The van der Waals surface area contributed by atoms with E-state index in [1.807, 2.05) is 36.4 Å². The van der Waals surface area contributed by atoms with Gasteiger partial charge in [0.2, 0.25) is 0 Å². The van der Waals surface area contributed by atoms with E-state index >= 15 is 0 Å². The smallest absolute Gasteiger partial charge is 0.254 e. The molecule has 0 radical (unpaired) electrons. The Balaban J connectivity index is 1.38. The molecule has 0 unspecified atom stereocenters.